The molecule has 0 amide bonds. The van der Waals surface area contributed by atoms with Gasteiger partial charge in [-0.2, -0.15) is 0 Å². The number of aliphatic imine (C=N–C) groups is 1. The van der Waals surface area contributed by atoms with E-state index in [-0.39, 0.29) is 5.04 Å². The van der Waals surface area contributed by atoms with Crippen LogP contribution in [0.15, 0.2) is 16.1 Å². The van der Waals surface area contributed by atoms with E-state index in [9.17, 15) is 8.42 Å². The second-order valence-corrected chi connectivity index (χ2v) is 6.28. The topological polar surface area (TPSA) is 53.0 Å². The molecule has 0 atom stereocenters. The lowest BCUT2D eigenvalue weighted by molar-refractivity contribution is 0.164. The Morgan fingerprint density at radius 1 is 1.31 bits per heavy atom. The molecule has 0 N–H and O–H groups in total. The Labute approximate surface area is 96.4 Å². The van der Waals surface area contributed by atoms with E-state index >= 15 is 0 Å². The summed E-state index contributed by atoms with van der Waals surface area (Å²) in [5, 5.41) is 1.51. The van der Waals surface area contributed by atoms with Crippen molar-refractivity contribution in [1.29, 1.82) is 0 Å². The molecule has 16 heavy (non-hydrogen) atoms. The van der Waals surface area contributed by atoms with Gasteiger partial charge in [-0.1, -0.05) is 0 Å². The van der Waals surface area contributed by atoms with E-state index in [2.05, 4.69) is 21.8 Å². The number of hydrogen-bond acceptors (Lipinski definition) is 5. The lowest BCUT2D eigenvalue weighted by Gasteiger charge is -2.31. The minimum atomic E-state index is -3.18. The number of nitrogens with zero attached hydrogens (tertiary/aromatic N) is 3. The summed E-state index contributed by atoms with van der Waals surface area (Å²) < 4.78 is 22.9. The van der Waals surface area contributed by atoms with E-state index in [0.29, 0.717) is 12.2 Å². The van der Waals surface area contributed by atoms with Gasteiger partial charge in [0.2, 0.25) is 9.84 Å². The Hall–Kier alpha value is -0.720. The van der Waals surface area contributed by atoms with Crippen LogP contribution in [0.5, 0.6) is 0 Å². The highest BCUT2D eigenvalue weighted by molar-refractivity contribution is 8.09. The summed E-state index contributed by atoms with van der Waals surface area (Å²) in [7, 11) is -1.09. The summed E-state index contributed by atoms with van der Waals surface area (Å²) in [6.07, 6.45) is 0. The lowest BCUT2D eigenvalue weighted by atomic mass is 10.3. The van der Waals surface area contributed by atoms with Crippen LogP contribution in [0, 0.1) is 0 Å². The first kappa shape index (κ1) is 11.8. The second-order valence-electron chi connectivity index (χ2n) is 4.36. The molecule has 1 saturated heterocycles. The molecule has 0 unspecified atom stereocenters. The maximum Gasteiger partial charge on any atom is 0.214 e. The van der Waals surface area contributed by atoms with Crippen LogP contribution in [0.1, 0.15) is 6.92 Å². The zero-order chi connectivity index (χ0) is 11.8. The SMILES string of the molecule is CC1=NC(CN2CCN(C)CC2)=CS1(=O)=O. The van der Waals surface area contributed by atoms with Crippen LogP contribution in [0.2, 0.25) is 0 Å². The molecule has 0 aromatic heterocycles. The third-order valence-corrected chi connectivity index (χ3v) is 4.48. The zero-order valence-corrected chi connectivity index (χ0v) is 10.5. The van der Waals surface area contributed by atoms with E-state index in [0.717, 1.165) is 26.2 Å². The summed E-state index contributed by atoms with van der Waals surface area (Å²) >= 11 is 0. The first-order valence-corrected chi connectivity index (χ1v) is 6.94. The molecule has 2 rings (SSSR count). The maximum absolute atomic E-state index is 11.4. The maximum atomic E-state index is 11.4. The van der Waals surface area contributed by atoms with Gasteiger partial charge in [0.05, 0.1) is 11.1 Å². The largest absolute Gasteiger partial charge is 0.304 e. The minimum Gasteiger partial charge on any atom is -0.304 e. The third kappa shape index (κ3) is 2.50. The van der Waals surface area contributed by atoms with Crippen LogP contribution in [0.25, 0.3) is 0 Å². The number of piperazine rings is 1. The molecule has 0 radical (unpaired) electrons. The smallest absolute Gasteiger partial charge is 0.214 e. The molecule has 2 aliphatic heterocycles. The standard InChI is InChI=1S/C10H17N3O2S/c1-9-11-10(8-16(9,14)15)7-13-5-3-12(2)4-6-13/h8H,3-7H2,1-2H3. The lowest BCUT2D eigenvalue weighted by Crippen LogP contribution is -2.44. The Bertz CT molecular complexity index is 431. The van der Waals surface area contributed by atoms with E-state index in [4.69, 9.17) is 0 Å². The molecule has 6 heteroatoms. The van der Waals surface area contributed by atoms with Crippen LogP contribution in [-0.2, 0) is 9.84 Å². The van der Waals surface area contributed by atoms with Gasteiger partial charge in [-0.15, -0.1) is 0 Å². The van der Waals surface area contributed by atoms with Gasteiger partial charge in [-0.25, -0.2) is 13.4 Å². The van der Waals surface area contributed by atoms with Crippen molar-refractivity contribution in [2.45, 2.75) is 6.92 Å². The van der Waals surface area contributed by atoms with E-state index in [1.807, 2.05) is 0 Å². The predicted octanol–water partition coefficient (Wildman–Crippen LogP) is -0.0780. The molecular formula is C10H17N3O2S. The fraction of sp³-hybridized carbons (Fsp3) is 0.700. The summed E-state index contributed by atoms with van der Waals surface area (Å²) in [6.45, 7) is 6.20. The number of hydrogen-bond donors (Lipinski definition) is 0. The van der Waals surface area contributed by atoms with Crippen LogP contribution < -0.4 is 0 Å². The van der Waals surface area contributed by atoms with Crippen LogP contribution in [-0.4, -0.2) is 63.0 Å². The molecule has 1 fully saturated rings. The fourth-order valence-electron chi connectivity index (χ4n) is 1.86. The highest BCUT2D eigenvalue weighted by atomic mass is 32.2. The van der Waals surface area contributed by atoms with Crippen molar-refractivity contribution < 1.29 is 8.42 Å². The highest BCUT2D eigenvalue weighted by Crippen LogP contribution is 2.16. The summed E-state index contributed by atoms with van der Waals surface area (Å²) in [5.74, 6) is 0. The summed E-state index contributed by atoms with van der Waals surface area (Å²) in [5.41, 5.74) is 0.669. The summed E-state index contributed by atoms with van der Waals surface area (Å²) in [4.78, 5) is 8.60. The number of sulfone groups is 1. The van der Waals surface area contributed by atoms with Crippen LogP contribution in [0.3, 0.4) is 0 Å². The second kappa shape index (κ2) is 4.27. The molecule has 2 aliphatic rings. The molecule has 0 aromatic carbocycles. The quantitative estimate of drug-likeness (QED) is 0.681. The van der Waals surface area contributed by atoms with Crippen molar-refractivity contribution >= 4 is 14.9 Å². The van der Waals surface area contributed by atoms with Crippen molar-refractivity contribution in [2.75, 3.05) is 39.8 Å². The Morgan fingerprint density at radius 2 is 1.94 bits per heavy atom. The Balaban J connectivity index is 1.98. The normalized spacial score (nSPS) is 26.6. The molecule has 2 heterocycles. The van der Waals surface area contributed by atoms with Crippen molar-refractivity contribution in [1.82, 2.24) is 9.80 Å². The van der Waals surface area contributed by atoms with E-state index in [1.165, 1.54) is 5.41 Å². The van der Waals surface area contributed by atoms with Gasteiger partial charge in [-0.05, 0) is 14.0 Å². The first-order chi connectivity index (χ1) is 7.47. The average Bonchev–Trinajstić information content (AvgIpc) is 2.44. The predicted molar refractivity (Wildman–Crippen MR) is 64.0 cm³/mol. The van der Waals surface area contributed by atoms with Crippen molar-refractivity contribution in [3.8, 4) is 0 Å². The summed E-state index contributed by atoms with van der Waals surface area (Å²) in [6, 6.07) is 0. The Morgan fingerprint density at radius 3 is 2.44 bits per heavy atom. The molecular weight excluding hydrogens is 226 g/mol. The molecule has 0 aliphatic carbocycles. The molecule has 0 saturated carbocycles. The zero-order valence-electron chi connectivity index (χ0n) is 9.68. The highest BCUT2D eigenvalue weighted by Gasteiger charge is 2.23. The van der Waals surface area contributed by atoms with Gasteiger partial charge in [0.25, 0.3) is 0 Å². The molecule has 5 nitrogen and oxygen atoms in total. The average molecular weight is 243 g/mol. The van der Waals surface area contributed by atoms with E-state index in [1.54, 1.807) is 6.92 Å². The van der Waals surface area contributed by atoms with Crippen LogP contribution >= 0.6 is 0 Å². The van der Waals surface area contributed by atoms with E-state index < -0.39 is 9.84 Å². The molecule has 0 spiro atoms. The van der Waals surface area contributed by atoms with Gasteiger partial charge in [-0.3, -0.25) is 4.90 Å². The van der Waals surface area contributed by atoms with Crippen molar-refractivity contribution in [3.63, 3.8) is 0 Å². The van der Waals surface area contributed by atoms with Gasteiger partial charge >= 0.3 is 0 Å². The van der Waals surface area contributed by atoms with Gasteiger partial charge in [0.15, 0.2) is 0 Å². The Kier molecular flexibility index (Phi) is 3.14. The van der Waals surface area contributed by atoms with Gasteiger partial charge < -0.3 is 4.90 Å². The monoisotopic (exact) mass is 243 g/mol. The number of likely N-dealkylation sites (N-methyl/N-ethyl adjacent to an activating group) is 1. The van der Waals surface area contributed by atoms with Gasteiger partial charge in [0.1, 0.15) is 5.04 Å². The van der Waals surface area contributed by atoms with Crippen molar-refractivity contribution in [3.05, 3.63) is 11.1 Å². The number of rotatable bonds is 2. The first-order valence-electron chi connectivity index (χ1n) is 5.39. The van der Waals surface area contributed by atoms with Crippen molar-refractivity contribution in [2.24, 2.45) is 4.99 Å². The fourth-order valence-corrected chi connectivity index (χ4v) is 2.76. The van der Waals surface area contributed by atoms with Gasteiger partial charge in [0, 0.05) is 32.7 Å². The van der Waals surface area contributed by atoms with Crippen LogP contribution in [0.4, 0.5) is 0 Å². The minimum absolute atomic E-state index is 0.219. The molecule has 0 bridgehead atoms. The molecule has 90 valence electrons. The molecule has 0 aromatic rings. The third-order valence-electron chi connectivity index (χ3n) is 2.99.